The number of amides is 8. The quantitative estimate of drug-likeness (QED) is 0.0225. The second-order valence-electron chi connectivity index (χ2n) is 21.8. The number of guanidine groups is 1. The highest BCUT2D eigenvalue weighted by molar-refractivity contribution is 5.97. The fourth-order valence-electron chi connectivity index (χ4n) is 9.69. The number of primary amides is 1. The Morgan fingerprint density at radius 3 is 1.55 bits per heavy atom. The number of nitrogens with zero attached hydrogens (tertiary/aromatic N) is 2. The van der Waals surface area contributed by atoms with Crippen LogP contribution in [0, 0.1) is 5.41 Å². The van der Waals surface area contributed by atoms with E-state index < -0.39 is 109 Å². The number of hydrogen-bond acceptors (Lipinski definition) is 16. The van der Waals surface area contributed by atoms with E-state index in [9.17, 15) is 72.9 Å². The highest BCUT2D eigenvalue weighted by Crippen LogP contribution is 2.19. The number of hydrogen-bond donors (Lipinski definition) is 14. The fourth-order valence-corrected chi connectivity index (χ4v) is 9.69. The van der Waals surface area contributed by atoms with E-state index in [4.69, 9.17) is 31.5 Å². The van der Waals surface area contributed by atoms with E-state index in [1.165, 1.54) is 56.8 Å². The molecule has 1 heterocycles. The van der Waals surface area contributed by atoms with Crippen LogP contribution in [0.15, 0.2) is 0 Å². The molecule has 1 aliphatic rings. The third kappa shape index (κ3) is 40.7. The lowest BCUT2D eigenvalue weighted by atomic mass is 10.0. The van der Waals surface area contributed by atoms with Crippen LogP contribution in [-0.2, 0) is 67.0 Å². The molecule has 0 aromatic rings. The molecule has 0 radical (unpaired) electrons. The van der Waals surface area contributed by atoms with Crippen molar-refractivity contribution < 1.29 is 87.4 Å². The number of ether oxygens (including phenoxy) is 2. The van der Waals surface area contributed by atoms with Gasteiger partial charge in [0.1, 0.15) is 36.8 Å². The predicted octanol–water partition coefficient (Wildman–Crippen LogP) is 0.563. The zero-order valence-corrected chi connectivity index (χ0v) is 50.8. The Kier molecular flexibility index (Phi) is 42.8. The molecule has 0 aromatic carbocycles. The van der Waals surface area contributed by atoms with Crippen molar-refractivity contribution >= 4 is 77.1 Å². The summed E-state index contributed by atoms with van der Waals surface area (Å²) in [5, 5.41) is 62.4. The molecule has 1 fully saturated rings. The molecule has 0 aliphatic carbocycles. The zero-order valence-electron chi connectivity index (χ0n) is 50.8. The number of carboxylic acids is 4. The summed E-state index contributed by atoms with van der Waals surface area (Å²) < 4.78 is 10.9. The number of nitrogens with one attached hydrogen (secondary N) is 8. The molecule has 8 amide bonds. The lowest BCUT2D eigenvalue weighted by Crippen LogP contribution is -2.59. The van der Waals surface area contributed by atoms with Crippen LogP contribution in [0.2, 0.25) is 0 Å². The number of unbranched alkanes of at least 4 members (excludes halogenated alkanes) is 15. The molecular weight excluding hydrogens is 1140 g/mol. The number of carbonyl (C=O) groups excluding carboxylic acids is 8. The Bertz CT molecular complexity index is 2140. The number of aliphatic carboxylic acids is 4. The van der Waals surface area contributed by atoms with Gasteiger partial charge in [-0.05, 0) is 83.6 Å². The van der Waals surface area contributed by atoms with Gasteiger partial charge in [0.05, 0.1) is 39.3 Å². The summed E-state index contributed by atoms with van der Waals surface area (Å²) in [5.41, 5.74) is 11.0. The van der Waals surface area contributed by atoms with Gasteiger partial charge in [0.2, 0.25) is 47.3 Å². The smallest absolute Gasteiger partial charge is 0.317 e. The maximum atomic E-state index is 14.0. The van der Waals surface area contributed by atoms with Crippen molar-refractivity contribution in [3.8, 4) is 0 Å². The Morgan fingerprint density at radius 2 is 1.00 bits per heavy atom. The molecule has 1 aliphatic heterocycles. The van der Waals surface area contributed by atoms with Gasteiger partial charge in [-0.2, -0.15) is 0 Å². The molecule has 1 saturated heterocycles. The highest BCUT2D eigenvalue weighted by atomic mass is 16.5. The molecule has 16 N–H and O–H groups in total. The van der Waals surface area contributed by atoms with Crippen molar-refractivity contribution in [3.63, 3.8) is 0 Å². The predicted molar refractivity (Wildman–Crippen MR) is 317 cm³/mol. The Morgan fingerprint density at radius 1 is 0.517 bits per heavy atom. The summed E-state index contributed by atoms with van der Waals surface area (Å²) in [5.74, 6) is -10.8. The maximum absolute atomic E-state index is 14.0. The lowest BCUT2D eigenvalue weighted by molar-refractivity contribution is -0.142. The number of carbonyl (C=O) groups is 12. The minimum atomic E-state index is -1.85. The van der Waals surface area contributed by atoms with Crippen LogP contribution in [0.25, 0.3) is 0 Å². The zero-order chi connectivity index (χ0) is 64.8. The van der Waals surface area contributed by atoms with Gasteiger partial charge in [-0.1, -0.05) is 77.0 Å². The van der Waals surface area contributed by atoms with E-state index in [0.29, 0.717) is 38.8 Å². The van der Waals surface area contributed by atoms with Crippen molar-refractivity contribution in [3.05, 3.63) is 0 Å². The molecule has 30 heteroatoms. The van der Waals surface area contributed by atoms with E-state index in [2.05, 4.69) is 37.2 Å². The summed E-state index contributed by atoms with van der Waals surface area (Å²) in [4.78, 5) is 152. The minimum absolute atomic E-state index is 0.0202. The summed E-state index contributed by atoms with van der Waals surface area (Å²) in [7, 11) is 0. The molecule has 0 saturated carbocycles. The molecule has 30 nitrogen and oxygen atoms in total. The summed E-state index contributed by atoms with van der Waals surface area (Å²) >= 11 is 0. The largest absolute Gasteiger partial charge is 0.481 e. The average Bonchev–Trinajstić information content (AvgIpc) is 4.03. The van der Waals surface area contributed by atoms with E-state index >= 15 is 0 Å². The van der Waals surface area contributed by atoms with Crippen LogP contribution < -0.4 is 48.7 Å². The molecular formula is C57H100N12O18. The van der Waals surface area contributed by atoms with E-state index in [1.807, 2.05) is 0 Å². The van der Waals surface area contributed by atoms with Crippen molar-refractivity contribution in [2.24, 2.45) is 11.5 Å². The van der Waals surface area contributed by atoms with E-state index in [1.54, 1.807) is 0 Å². The normalized spacial score (nSPS) is 14.2. The van der Waals surface area contributed by atoms with Gasteiger partial charge in [0, 0.05) is 45.9 Å². The first-order chi connectivity index (χ1) is 41.5. The van der Waals surface area contributed by atoms with Crippen molar-refractivity contribution in [2.45, 2.75) is 210 Å². The molecule has 0 bridgehead atoms. The second-order valence-corrected chi connectivity index (χ2v) is 21.8. The first-order valence-corrected chi connectivity index (χ1v) is 30.6. The van der Waals surface area contributed by atoms with Crippen LogP contribution in [-0.4, -0.2) is 210 Å². The van der Waals surface area contributed by atoms with Gasteiger partial charge in [0.25, 0.3) is 0 Å². The standard InChI is InChI=1S/C57H100N12O18/c1-40(70)69-32-21-25-45(69)56(85)66-43(24-20-29-63-57(59)60)54(83)67-44(36-49(75)76)55(84)65-42(23-17-19-31-68(37-50(77)78)38-51(79)80)53(82)64-41(52(58)81)22-16-18-28-61-47(72)39-87-35-34-86-33-30-62-46(71)26-14-12-10-8-6-4-2-3-5-7-9-11-13-15-27-48(73)74/h41-45H,2-39H2,1H3,(H2,58,81)(H,61,72)(H,62,71)(H,64,82)(H,65,84)(H,66,85)(H,67,83)(H,73,74)(H,75,76)(H,77,78)(H,79,80)(H4,59,60,63)/t41-,42-,43-,44-,45-/m0/s1. The van der Waals surface area contributed by atoms with Crippen LogP contribution in [0.4, 0.5) is 0 Å². The summed E-state index contributed by atoms with van der Waals surface area (Å²) in [6.45, 7) is 1.22. The molecule has 496 valence electrons. The maximum Gasteiger partial charge on any atom is 0.317 e. The molecule has 0 unspecified atom stereocenters. The van der Waals surface area contributed by atoms with Gasteiger partial charge in [-0.15, -0.1) is 0 Å². The minimum Gasteiger partial charge on any atom is -0.481 e. The van der Waals surface area contributed by atoms with Gasteiger partial charge in [0.15, 0.2) is 5.96 Å². The van der Waals surface area contributed by atoms with Crippen LogP contribution in [0.5, 0.6) is 0 Å². The van der Waals surface area contributed by atoms with E-state index in [-0.39, 0.29) is 115 Å². The van der Waals surface area contributed by atoms with Crippen molar-refractivity contribution in [1.29, 1.82) is 5.41 Å². The monoisotopic (exact) mass is 1240 g/mol. The Labute approximate surface area is 509 Å². The Hall–Kier alpha value is -7.21. The van der Waals surface area contributed by atoms with Crippen LogP contribution in [0.3, 0.4) is 0 Å². The van der Waals surface area contributed by atoms with Crippen LogP contribution >= 0.6 is 0 Å². The first kappa shape index (κ1) is 77.8. The van der Waals surface area contributed by atoms with Gasteiger partial charge in [-0.3, -0.25) is 67.8 Å². The molecule has 0 spiro atoms. The fraction of sp³-hybridized carbons (Fsp3) is 0.772. The third-order valence-corrected chi connectivity index (χ3v) is 14.3. The SMILES string of the molecule is CC(=O)N1CCC[C@H]1C(=O)N[C@@H](CCCNC(=N)N)C(=O)N[C@@H](CC(=O)O)C(=O)N[C@@H](CCCCN(CC(=O)O)CC(=O)O)C(=O)N[C@@H](CCCCNC(=O)COCCOCCNC(=O)CCCCCCCCCCCCCCCCC(=O)O)C(N)=O. The number of nitrogens with two attached hydrogens (primary N) is 2. The average molecular weight is 1240 g/mol. The summed E-state index contributed by atoms with van der Waals surface area (Å²) in [6, 6.07) is -6.97. The molecule has 87 heavy (non-hydrogen) atoms. The van der Waals surface area contributed by atoms with Gasteiger partial charge < -0.3 is 83.5 Å². The molecule has 1 rings (SSSR count). The number of likely N-dealkylation sites (tertiary alicyclic amines) is 1. The summed E-state index contributed by atoms with van der Waals surface area (Å²) in [6.07, 6.45) is 16.5. The second kappa shape index (κ2) is 47.9. The number of carboxylic acid groups (broad SMARTS) is 4. The van der Waals surface area contributed by atoms with Gasteiger partial charge in [-0.25, -0.2) is 0 Å². The van der Waals surface area contributed by atoms with Crippen molar-refractivity contribution in [1.82, 2.24) is 47.0 Å². The number of rotatable bonds is 54. The van der Waals surface area contributed by atoms with Gasteiger partial charge >= 0.3 is 23.9 Å². The molecule has 5 atom stereocenters. The topological polar surface area (TPSA) is 471 Å². The molecule has 0 aromatic heterocycles. The Balaban J connectivity index is 2.69. The first-order valence-electron chi connectivity index (χ1n) is 30.6. The van der Waals surface area contributed by atoms with Crippen molar-refractivity contribution in [2.75, 3.05) is 72.2 Å². The lowest BCUT2D eigenvalue weighted by Gasteiger charge is -2.27. The highest BCUT2D eigenvalue weighted by Gasteiger charge is 2.36. The van der Waals surface area contributed by atoms with Crippen LogP contribution in [0.1, 0.15) is 180 Å². The third-order valence-electron chi connectivity index (χ3n) is 14.3. The van der Waals surface area contributed by atoms with E-state index in [0.717, 1.165) is 49.8 Å².